The maximum absolute atomic E-state index is 12.8. The van der Waals surface area contributed by atoms with Gasteiger partial charge in [0.2, 0.25) is 5.91 Å². The number of halogens is 3. The number of esters is 1. The maximum Gasteiger partial charge on any atom is 0.490 e. The van der Waals surface area contributed by atoms with Gasteiger partial charge in [0.25, 0.3) is 0 Å². The Balaban J connectivity index is 0.000000755. The summed E-state index contributed by atoms with van der Waals surface area (Å²) in [6.07, 6.45) is -0.384. The second-order valence-corrected chi connectivity index (χ2v) is 12.8. The molecule has 272 valence electrons. The number of ether oxygens (including phenoxy) is 1. The van der Waals surface area contributed by atoms with Crippen molar-refractivity contribution in [1.82, 2.24) is 19.8 Å². The number of nitrogens with zero attached hydrogens (tertiary/aromatic N) is 4. The number of piperazine rings is 1. The summed E-state index contributed by atoms with van der Waals surface area (Å²) in [4.78, 5) is 49.4. The van der Waals surface area contributed by atoms with Gasteiger partial charge < -0.3 is 34.8 Å². The van der Waals surface area contributed by atoms with Gasteiger partial charge in [-0.1, -0.05) is 30.3 Å². The van der Waals surface area contributed by atoms with E-state index in [-0.39, 0.29) is 12.0 Å². The van der Waals surface area contributed by atoms with Gasteiger partial charge in [0.05, 0.1) is 17.4 Å². The quantitative estimate of drug-likeness (QED) is 0.137. The Kier molecular flexibility index (Phi) is 12.6. The summed E-state index contributed by atoms with van der Waals surface area (Å²) in [5.41, 5.74) is 7.59. The zero-order valence-corrected chi connectivity index (χ0v) is 29.5. The molecule has 1 aliphatic heterocycles. The van der Waals surface area contributed by atoms with Crippen LogP contribution in [-0.4, -0.2) is 109 Å². The first kappa shape index (κ1) is 38.6. The number of alkyl halides is 3. The van der Waals surface area contributed by atoms with Gasteiger partial charge in [-0.2, -0.15) is 13.2 Å². The molecule has 11 nitrogen and oxygen atoms in total. The fourth-order valence-electron chi connectivity index (χ4n) is 5.34. The van der Waals surface area contributed by atoms with E-state index in [4.69, 9.17) is 14.6 Å². The van der Waals surface area contributed by atoms with E-state index in [1.54, 1.807) is 12.3 Å². The van der Waals surface area contributed by atoms with Crippen molar-refractivity contribution in [1.29, 1.82) is 0 Å². The van der Waals surface area contributed by atoms with Gasteiger partial charge in [-0.15, -0.1) is 0 Å². The van der Waals surface area contributed by atoms with Crippen LogP contribution >= 0.6 is 0 Å². The third kappa shape index (κ3) is 10.4. The Labute approximate surface area is 294 Å². The molecule has 0 saturated carbocycles. The first-order valence-electron chi connectivity index (χ1n) is 16.3. The van der Waals surface area contributed by atoms with Crippen LogP contribution in [0.2, 0.25) is 0 Å². The van der Waals surface area contributed by atoms with E-state index in [1.807, 2.05) is 70.1 Å². The number of likely N-dealkylation sites (N-methyl/N-ethyl adjacent to an activating group) is 2. The normalized spacial score (nSPS) is 13.8. The number of carboxylic acids is 1. The second-order valence-electron chi connectivity index (χ2n) is 12.8. The van der Waals surface area contributed by atoms with E-state index in [0.717, 1.165) is 65.2 Å². The smallest absolute Gasteiger partial charge is 0.475 e. The first-order chi connectivity index (χ1) is 24.0. The van der Waals surface area contributed by atoms with E-state index in [0.29, 0.717) is 17.8 Å². The van der Waals surface area contributed by atoms with Gasteiger partial charge in [0, 0.05) is 67.3 Å². The van der Waals surface area contributed by atoms with Gasteiger partial charge in [-0.05, 0) is 82.9 Å². The number of carbonyl (C=O) groups excluding carboxylic acids is 2. The largest absolute Gasteiger partial charge is 0.490 e. The number of aliphatic carboxylic acids is 1. The summed E-state index contributed by atoms with van der Waals surface area (Å²) in [5.74, 6) is -3.36. The Morgan fingerprint density at radius 3 is 2.25 bits per heavy atom. The van der Waals surface area contributed by atoms with Crippen molar-refractivity contribution in [2.75, 3.05) is 64.1 Å². The fourth-order valence-corrected chi connectivity index (χ4v) is 5.34. The average Bonchev–Trinajstić information content (AvgIpc) is 3.44. The highest BCUT2D eigenvalue weighted by Crippen LogP contribution is 2.40. The summed E-state index contributed by atoms with van der Waals surface area (Å²) in [6, 6.07) is 16.4. The van der Waals surface area contributed by atoms with Gasteiger partial charge in [0.15, 0.2) is 0 Å². The number of H-pyrrole nitrogens is 1. The Hall–Kier alpha value is -5.21. The van der Waals surface area contributed by atoms with E-state index in [2.05, 4.69) is 56.4 Å². The molecule has 0 unspecified atom stereocenters. The maximum atomic E-state index is 12.8. The van der Waals surface area contributed by atoms with Crippen LogP contribution in [0.15, 0.2) is 66.9 Å². The molecule has 0 bridgehead atoms. The summed E-state index contributed by atoms with van der Waals surface area (Å²) in [7, 11) is 6.07. The van der Waals surface area contributed by atoms with E-state index >= 15 is 0 Å². The van der Waals surface area contributed by atoms with E-state index < -0.39 is 18.1 Å². The number of amides is 1. The monoisotopic (exact) mass is 708 g/mol. The van der Waals surface area contributed by atoms with Crippen LogP contribution in [0.4, 0.5) is 24.5 Å². The summed E-state index contributed by atoms with van der Waals surface area (Å²) in [6.45, 7) is 10.4. The lowest BCUT2D eigenvalue weighted by atomic mass is 9.96. The molecule has 3 heterocycles. The molecular weight excluding hydrogens is 665 g/mol. The van der Waals surface area contributed by atoms with Gasteiger partial charge >= 0.3 is 18.1 Å². The SMILES string of the molecule is Cc1ccc(-c2c(-c3ccc(N4CCN(C)CC4)cc3)[nH]c3ncc(C(=O)OC(C)C)cc23)cc1NC(=O)/C=C/CN(C)C.O=C(O)C(F)(F)F. The van der Waals surface area contributed by atoms with Gasteiger partial charge in [-0.25, -0.2) is 14.6 Å². The number of carbonyl (C=O) groups is 3. The van der Waals surface area contributed by atoms with Crippen LogP contribution < -0.4 is 10.2 Å². The number of aromatic nitrogens is 2. The molecular formula is C37H43F3N6O5. The third-order valence-corrected chi connectivity index (χ3v) is 8.02. The summed E-state index contributed by atoms with van der Waals surface area (Å²) < 4.78 is 37.2. The van der Waals surface area contributed by atoms with E-state index in [1.165, 1.54) is 5.69 Å². The molecule has 0 aliphatic carbocycles. The van der Waals surface area contributed by atoms with Crippen molar-refractivity contribution in [2.45, 2.75) is 33.1 Å². The highest BCUT2D eigenvalue weighted by Gasteiger charge is 2.38. The number of hydrogen-bond acceptors (Lipinski definition) is 8. The third-order valence-electron chi connectivity index (χ3n) is 8.02. The number of carboxylic acid groups (broad SMARTS) is 1. The second kappa shape index (κ2) is 16.7. The van der Waals surface area contributed by atoms with Crippen molar-refractivity contribution < 1.29 is 37.4 Å². The molecule has 0 radical (unpaired) electrons. The Morgan fingerprint density at radius 1 is 1.04 bits per heavy atom. The van der Waals surface area contributed by atoms with Crippen LogP contribution in [0.5, 0.6) is 0 Å². The van der Waals surface area contributed by atoms with Crippen LogP contribution in [0, 0.1) is 6.92 Å². The van der Waals surface area contributed by atoms with Crippen molar-refractivity contribution in [2.24, 2.45) is 0 Å². The molecule has 3 N–H and O–H groups in total. The average molecular weight is 709 g/mol. The minimum absolute atomic E-state index is 0.189. The molecule has 1 aliphatic rings. The molecule has 1 saturated heterocycles. The zero-order chi connectivity index (χ0) is 37.5. The molecule has 2 aromatic heterocycles. The molecule has 1 amide bonds. The minimum atomic E-state index is -5.08. The number of aryl methyl sites for hydroxylation is 1. The van der Waals surface area contributed by atoms with Crippen LogP contribution in [0.1, 0.15) is 29.8 Å². The minimum Gasteiger partial charge on any atom is -0.475 e. The topological polar surface area (TPSA) is 131 Å². The van der Waals surface area contributed by atoms with Gasteiger partial charge in [0.1, 0.15) is 5.65 Å². The van der Waals surface area contributed by atoms with Crippen molar-refractivity contribution in [3.8, 4) is 22.4 Å². The molecule has 51 heavy (non-hydrogen) atoms. The number of rotatable bonds is 9. The zero-order valence-electron chi connectivity index (χ0n) is 29.5. The molecule has 1 fully saturated rings. The number of anilines is 2. The van der Waals surface area contributed by atoms with E-state index in [9.17, 15) is 22.8 Å². The predicted octanol–water partition coefficient (Wildman–Crippen LogP) is 6.21. The lowest BCUT2D eigenvalue weighted by molar-refractivity contribution is -0.192. The van der Waals surface area contributed by atoms with Crippen LogP contribution in [0.3, 0.4) is 0 Å². The molecule has 0 atom stereocenters. The van der Waals surface area contributed by atoms with Crippen LogP contribution in [0.25, 0.3) is 33.4 Å². The predicted molar refractivity (Wildman–Crippen MR) is 192 cm³/mol. The molecule has 2 aromatic carbocycles. The summed E-state index contributed by atoms with van der Waals surface area (Å²) in [5, 5.41) is 11.0. The number of hydrogen-bond donors (Lipinski definition) is 3. The number of nitrogens with one attached hydrogen (secondary N) is 2. The molecule has 0 spiro atoms. The van der Waals surface area contributed by atoms with Crippen molar-refractivity contribution in [3.05, 3.63) is 78.0 Å². The van der Waals surface area contributed by atoms with Crippen LogP contribution in [-0.2, 0) is 14.3 Å². The number of pyridine rings is 1. The first-order valence-corrected chi connectivity index (χ1v) is 16.3. The summed E-state index contributed by atoms with van der Waals surface area (Å²) >= 11 is 0. The Morgan fingerprint density at radius 2 is 1.67 bits per heavy atom. The molecule has 5 rings (SSSR count). The number of aromatic amines is 1. The van der Waals surface area contributed by atoms with Crippen molar-refractivity contribution >= 4 is 40.3 Å². The highest BCUT2D eigenvalue weighted by atomic mass is 19.4. The van der Waals surface area contributed by atoms with Gasteiger partial charge in [-0.3, -0.25) is 4.79 Å². The lowest BCUT2D eigenvalue weighted by Gasteiger charge is -2.34. The number of benzene rings is 2. The number of fused-ring (bicyclic) bond motifs is 1. The standard InChI is InChI=1S/C35H42N6O3.C2HF3O2/c1-23(2)44-35(43)27-20-29-32(26-10-9-24(3)30(21-26)37-31(42)8-7-15-39(4)5)33(38-34(29)36-22-27)25-11-13-28(14-12-25)41-18-16-40(6)17-19-41;3-2(4,5)1(6)7/h7-14,20-23H,15-19H2,1-6H3,(H,36,38)(H,37,42);(H,6,7)/b8-7+;. The van der Waals surface area contributed by atoms with Crippen molar-refractivity contribution in [3.63, 3.8) is 0 Å². The molecule has 4 aromatic rings. The highest BCUT2D eigenvalue weighted by molar-refractivity contribution is 6.06. The lowest BCUT2D eigenvalue weighted by Crippen LogP contribution is -2.44. The molecule has 14 heteroatoms. The fraction of sp³-hybridized carbons (Fsp3) is 0.351. The Bertz CT molecular complexity index is 1880.